The minimum atomic E-state index is 0.0650. The summed E-state index contributed by atoms with van der Waals surface area (Å²) in [5, 5.41) is 10.1. The van der Waals surface area contributed by atoms with Crippen LogP contribution in [0.3, 0.4) is 0 Å². The Bertz CT molecular complexity index is 576. The number of carbonyl (C=O) groups is 1. The number of piperidine rings is 2. The molecule has 1 aromatic rings. The zero-order chi connectivity index (χ0) is 18.4. The van der Waals surface area contributed by atoms with E-state index in [1.807, 2.05) is 16.7 Å². The molecule has 0 saturated carbocycles. The van der Waals surface area contributed by atoms with Gasteiger partial charge in [0.05, 0.1) is 0 Å². The molecule has 2 saturated heterocycles. The summed E-state index contributed by atoms with van der Waals surface area (Å²) >= 11 is 1.92. The van der Waals surface area contributed by atoms with E-state index in [4.69, 9.17) is 0 Å². The van der Waals surface area contributed by atoms with Crippen molar-refractivity contribution in [2.45, 2.75) is 25.7 Å². The Morgan fingerprint density at radius 1 is 1.27 bits per heavy atom. The Morgan fingerprint density at radius 2 is 1.96 bits per heavy atom. The van der Waals surface area contributed by atoms with Crippen molar-refractivity contribution in [3.63, 3.8) is 0 Å². The Hall–Kier alpha value is -1.11. The average Bonchev–Trinajstić information content (AvgIpc) is 2.70. The van der Waals surface area contributed by atoms with Gasteiger partial charge in [0.15, 0.2) is 0 Å². The molecule has 1 N–H and O–H groups in total. The lowest BCUT2D eigenvalue weighted by atomic mass is 9.64. The summed E-state index contributed by atoms with van der Waals surface area (Å²) in [7, 11) is 0. The molecule has 2 aliphatic rings. The quantitative estimate of drug-likeness (QED) is 0.772. The van der Waals surface area contributed by atoms with E-state index >= 15 is 0 Å². The van der Waals surface area contributed by atoms with Crippen molar-refractivity contribution in [3.05, 3.63) is 30.1 Å². The van der Waals surface area contributed by atoms with Gasteiger partial charge in [-0.15, -0.1) is 0 Å². The van der Waals surface area contributed by atoms with Gasteiger partial charge in [0, 0.05) is 43.6 Å². The smallest absolute Gasteiger partial charge is 0.253 e. The highest BCUT2D eigenvalue weighted by atomic mass is 32.2. The maximum atomic E-state index is 12.7. The lowest BCUT2D eigenvalue weighted by Crippen LogP contribution is -2.54. The lowest BCUT2D eigenvalue weighted by Gasteiger charge is -2.51. The number of aliphatic hydroxyl groups is 1. The van der Waals surface area contributed by atoms with E-state index in [2.05, 4.69) is 16.1 Å². The first kappa shape index (κ1) is 19.6. The molecular formula is C20H31N3O2S. The fourth-order valence-electron chi connectivity index (χ4n) is 4.54. The minimum Gasteiger partial charge on any atom is -0.396 e. The molecule has 0 radical (unpaired) electrons. The standard InChI is InChI=1S/C20H31N3O2S/c1-26-14-2-10-22-11-5-20(6-12-22)7-13-23(15-18(20)16-24)19(25)17-3-8-21-9-4-17/h3-4,8-9,18,24H,2,5-7,10-16H2,1H3/t18-/m1/s1. The van der Waals surface area contributed by atoms with Gasteiger partial charge in [0.1, 0.15) is 0 Å². The molecule has 0 bridgehead atoms. The van der Waals surface area contributed by atoms with Crippen molar-refractivity contribution in [2.75, 3.05) is 51.3 Å². The Morgan fingerprint density at radius 3 is 2.62 bits per heavy atom. The number of aromatic nitrogens is 1. The highest BCUT2D eigenvalue weighted by molar-refractivity contribution is 7.98. The SMILES string of the molecule is CSCCCN1CCC2(CC1)CCN(C(=O)c1ccncc1)C[C@@H]2CO. The second-order valence-electron chi connectivity index (χ2n) is 7.67. The fraction of sp³-hybridized carbons (Fsp3) is 0.700. The molecule has 6 heteroatoms. The first-order valence-electron chi connectivity index (χ1n) is 9.70. The first-order valence-corrected chi connectivity index (χ1v) is 11.1. The first-order chi connectivity index (χ1) is 12.7. The molecule has 1 aromatic heterocycles. The van der Waals surface area contributed by atoms with Gasteiger partial charge in [-0.05, 0) is 74.9 Å². The number of amides is 1. The number of rotatable bonds is 6. The van der Waals surface area contributed by atoms with Crippen molar-refractivity contribution in [2.24, 2.45) is 11.3 Å². The molecule has 0 unspecified atom stereocenters. The maximum Gasteiger partial charge on any atom is 0.253 e. The highest BCUT2D eigenvalue weighted by Gasteiger charge is 2.45. The summed E-state index contributed by atoms with van der Waals surface area (Å²) in [6, 6.07) is 3.54. The summed E-state index contributed by atoms with van der Waals surface area (Å²) < 4.78 is 0. The molecule has 2 aliphatic heterocycles. The van der Waals surface area contributed by atoms with Crippen LogP contribution in [-0.4, -0.2) is 77.1 Å². The van der Waals surface area contributed by atoms with Gasteiger partial charge >= 0.3 is 0 Å². The molecule has 3 heterocycles. The van der Waals surface area contributed by atoms with Crippen LogP contribution in [0.5, 0.6) is 0 Å². The molecule has 1 amide bonds. The number of thioether (sulfide) groups is 1. The van der Waals surface area contributed by atoms with E-state index in [1.54, 1.807) is 24.5 Å². The van der Waals surface area contributed by atoms with Crippen LogP contribution in [-0.2, 0) is 0 Å². The number of aliphatic hydroxyl groups excluding tert-OH is 1. The Labute approximate surface area is 161 Å². The maximum absolute atomic E-state index is 12.7. The predicted molar refractivity (Wildman–Crippen MR) is 106 cm³/mol. The van der Waals surface area contributed by atoms with Gasteiger partial charge < -0.3 is 14.9 Å². The molecule has 5 nitrogen and oxygen atoms in total. The molecule has 1 spiro atoms. The van der Waals surface area contributed by atoms with Crippen LogP contribution in [0.2, 0.25) is 0 Å². The van der Waals surface area contributed by atoms with Crippen molar-refractivity contribution in [1.82, 2.24) is 14.8 Å². The van der Waals surface area contributed by atoms with Crippen molar-refractivity contribution in [3.8, 4) is 0 Å². The Kier molecular flexibility index (Phi) is 6.95. The van der Waals surface area contributed by atoms with Gasteiger partial charge in [-0.3, -0.25) is 9.78 Å². The van der Waals surface area contributed by atoms with Gasteiger partial charge in [0.2, 0.25) is 0 Å². The molecular weight excluding hydrogens is 346 g/mol. The van der Waals surface area contributed by atoms with Crippen LogP contribution in [0.1, 0.15) is 36.0 Å². The predicted octanol–water partition coefficient (Wildman–Crippen LogP) is 2.37. The van der Waals surface area contributed by atoms with E-state index in [1.165, 1.54) is 18.7 Å². The monoisotopic (exact) mass is 377 g/mol. The molecule has 3 rings (SSSR count). The van der Waals surface area contributed by atoms with Crippen LogP contribution in [0, 0.1) is 11.3 Å². The van der Waals surface area contributed by atoms with Crippen molar-refractivity contribution >= 4 is 17.7 Å². The van der Waals surface area contributed by atoms with Crippen LogP contribution < -0.4 is 0 Å². The van der Waals surface area contributed by atoms with Crippen molar-refractivity contribution in [1.29, 1.82) is 0 Å². The largest absolute Gasteiger partial charge is 0.396 e. The van der Waals surface area contributed by atoms with E-state index in [-0.39, 0.29) is 23.8 Å². The highest BCUT2D eigenvalue weighted by Crippen LogP contribution is 2.45. The molecule has 0 aliphatic carbocycles. The second kappa shape index (κ2) is 9.20. The average molecular weight is 378 g/mol. The Balaban J connectivity index is 1.58. The zero-order valence-corrected chi connectivity index (χ0v) is 16.6. The van der Waals surface area contributed by atoms with E-state index < -0.39 is 0 Å². The summed E-state index contributed by atoms with van der Waals surface area (Å²) in [6.07, 6.45) is 10.0. The van der Waals surface area contributed by atoms with Crippen molar-refractivity contribution < 1.29 is 9.90 Å². The number of likely N-dealkylation sites (tertiary alicyclic amines) is 2. The minimum absolute atomic E-state index is 0.0650. The molecule has 2 fully saturated rings. The number of nitrogens with zero attached hydrogens (tertiary/aromatic N) is 3. The lowest BCUT2D eigenvalue weighted by molar-refractivity contribution is -0.0350. The molecule has 0 aromatic carbocycles. The molecule has 144 valence electrons. The van der Waals surface area contributed by atoms with Crippen LogP contribution in [0.15, 0.2) is 24.5 Å². The van der Waals surface area contributed by atoms with Gasteiger partial charge in [-0.1, -0.05) is 0 Å². The van der Waals surface area contributed by atoms with E-state index in [9.17, 15) is 9.90 Å². The third-order valence-corrected chi connectivity index (χ3v) is 6.99. The summed E-state index contributed by atoms with van der Waals surface area (Å²) in [6.45, 7) is 5.08. The summed E-state index contributed by atoms with van der Waals surface area (Å²) in [4.78, 5) is 21.2. The third kappa shape index (κ3) is 4.41. The van der Waals surface area contributed by atoms with Crippen LogP contribution in [0.25, 0.3) is 0 Å². The van der Waals surface area contributed by atoms with Gasteiger partial charge in [0.25, 0.3) is 5.91 Å². The zero-order valence-electron chi connectivity index (χ0n) is 15.8. The summed E-state index contributed by atoms with van der Waals surface area (Å²) in [5.41, 5.74) is 0.899. The third-order valence-electron chi connectivity index (χ3n) is 6.30. The summed E-state index contributed by atoms with van der Waals surface area (Å²) in [5.74, 6) is 1.48. The number of pyridine rings is 1. The number of hydrogen-bond acceptors (Lipinski definition) is 5. The molecule has 1 atom stereocenters. The van der Waals surface area contributed by atoms with Gasteiger partial charge in [-0.2, -0.15) is 11.8 Å². The normalized spacial score (nSPS) is 23.3. The number of carbonyl (C=O) groups excluding carboxylic acids is 1. The van der Waals surface area contributed by atoms with Crippen LogP contribution >= 0.6 is 11.8 Å². The molecule has 26 heavy (non-hydrogen) atoms. The fourth-order valence-corrected chi connectivity index (χ4v) is 4.96. The number of hydrogen-bond donors (Lipinski definition) is 1. The van der Waals surface area contributed by atoms with E-state index in [0.29, 0.717) is 12.1 Å². The van der Waals surface area contributed by atoms with Crippen LogP contribution in [0.4, 0.5) is 0 Å². The van der Waals surface area contributed by atoms with Gasteiger partial charge in [-0.25, -0.2) is 0 Å². The topological polar surface area (TPSA) is 56.7 Å². The second-order valence-corrected chi connectivity index (χ2v) is 8.65. The van der Waals surface area contributed by atoms with E-state index in [0.717, 1.165) is 38.9 Å².